The second-order valence-electron chi connectivity index (χ2n) is 6.61. The number of carbonyl (C=O) groups is 1. The van der Waals surface area contributed by atoms with Crippen LogP contribution in [-0.2, 0) is 4.79 Å². The van der Waals surface area contributed by atoms with Gasteiger partial charge in [-0.15, -0.1) is 11.3 Å². The third-order valence-electron chi connectivity index (χ3n) is 4.94. The summed E-state index contributed by atoms with van der Waals surface area (Å²) in [5.74, 6) is 0.511. The largest absolute Gasteiger partial charge is 0.378 e. The van der Waals surface area contributed by atoms with Gasteiger partial charge in [0.25, 0.3) is 5.91 Å². The number of carbonyl (C=O) groups excluding carboxylic acids is 1. The van der Waals surface area contributed by atoms with Crippen molar-refractivity contribution in [1.82, 2.24) is 4.90 Å². The average molecular weight is 342 g/mol. The van der Waals surface area contributed by atoms with Gasteiger partial charge in [0.1, 0.15) is 0 Å². The maximum absolute atomic E-state index is 12.6. The molecule has 5 heteroatoms. The van der Waals surface area contributed by atoms with Crippen LogP contribution in [0.15, 0.2) is 41.8 Å². The highest BCUT2D eigenvalue weighted by Crippen LogP contribution is 2.40. The minimum atomic E-state index is -1.05. The molecule has 1 N–H and O–H groups in total. The first-order valence-corrected chi connectivity index (χ1v) is 9.45. The Morgan fingerprint density at radius 1 is 1.08 bits per heavy atom. The summed E-state index contributed by atoms with van der Waals surface area (Å²) in [6, 6.07) is 12.1. The first-order valence-electron chi connectivity index (χ1n) is 8.57. The van der Waals surface area contributed by atoms with E-state index in [2.05, 4.69) is 28.5 Å². The van der Waals surface area contributed by atoms with Crippen LogP contribution in [0.2, 0.25) is 0 Å². The topological polar surface area (TPSA) is 43.8 Å². The minimum Gasteiger partial charge on any atom is -0.378 e. The molecule has 1 aromatic carbocycles. The van der Waals surface area contributed by atoms with Gasteiger partial charge in [-0.05, 0) is 47.4 Å². The molecule has 2 aromatic rings. The zero-order valence-corrected chi connectivity index (χ0v) is 14.4. The molecule has 24 heavy (non-hydrogen) atoms. The highest BCUT2D eigenvalue weighted by atomic mass is 32.1. The molecule has 1 aromatic heterocycles. The summed E-state index contributed by atoms with van der Waals surface area (Å²) < 4.78 is 0. The fourth-order valence-corrected chi connectivity index (χ4v) is 4.07. The van der Waals surface area contributed by atoms with Crippen LogP contribution in [0.1, 0.15) is 36.0 Å². The van der Waals surface area contributed by atoms with E-state index in [0.717, 1.165) is 13.1 Å². The van der Waals surface area contributed by atoms with Crippen molar-refractivity contribution in [2.75, 3.05) is 31.1 Å². The lowest BCUT2D eigenvalue weighted by Gasteiger charge is -2.36. The summed E-state index contributed by atoms with van der Waals surface area (Å²) in [4.78, 5) is 16.7. The second kappa shape index (κ2) is 6.57. The first kappa shape index (κ1) is 15.7. The number of amides is 1. The van der Waals surface area contributed by atoms with Crippen molar-refractivity contribution in [2.24, 2.45) is 0 Å². The van der Waals surface area contributed by atoms with E-state index in [-0.39, 0.29) is 5.91 Å². The number of hydrogen-bond acceptors (Lipinski definition) is 4. The molecule has 4 rings (SSSR count). The van der Waals surface area contributed by atoms with E-state index in [1.807, 2.05) is 18.2 Å². The maximum atomic E-state index is 12.6. The van der Waals surface area contributed by atoms with Gasteiger partial charge in [-0.2, -0.15) is 0 Å². The van der Waals surface area contributed by atoms with E-state index in [0.29, 0.717) is 24.6 Å². The number of aliphatic hydroxyl groups is 1. The Bertz CT molecular complexity index is 687. The SMILES string of the molecule is O=C(C(O)c1ccc(C2CC2)cc1)N1CCN(c2cccs2)CC1. The highest BCUT2D eigenvalue weighted by Gasteiger charge is 2.28. The fraction of sp³-hybridized carbons (Fsp3) is 0.421. The van der Waals surface area contributed by atoms with Gasteiger partial charge in [-0.25, -0.2) is 0 Å². The van der Waals surface area contributed by atoms with E-state index >= 15 is 0 Å². The van der Waals surface area contributed by atoms with E-state index in [4.69, 9.17) is 0 Å². The number of hydrogen-bond donors (Lipinski definition) is 1. The first-order chi connectivity index (χ1) is 11.7. The fourth-order valence-electron chi connectivity index (χ4n) is 3.28. The van der Waals surface area contributed by atoms with Gasteiger partial charge in [0.05, 0.1) is 5.00 Å². The van der Waals surface area contributed by atoms with E-state index in [1.54, 1.807) is 16.2 Å². The lowest BCUT2D eigenvalue weighted by atomic mass is 10.0. The molecule has 0 radical (unpaired) electrons. The molecule has 1 aliphatic heterocycles. The zero-order chi connectivity index (χ0) is 16.5. The number of anilines is 1. The number of nitrogens with zero attached hydrogens (tertiary/aromatic N) is 2. The van der Waals surface area contributed by atoms with Crippen LogP contribution in [0.25, 0.3) is 0 Å². The predicted octanol–water partition coefficient (Wildman–Crippen LogP) is 3.01. The molecule has 4 nitrogen and oxygen atoms in total. The summed E-state index contributed by atoms with van der Waals surface area (Å²) in [5.41, 5.74) is 2.02. The number of piperazine rings is 1. The quantitative estimate of drug-likeness (QED) is 0.929. The number of benzene rings is 1. The molecule has 2 fully saturated rings. The van der Waals surface area contributed by atoms with Gasteiger partial charge in [0.15, 0.2) is 6.10 Å². The minimum absolute atomic E-state index is 0.181. The van der Waals surface area contributed by atoms with Gasteiger partial charge in [0.2, 0.25) is 0 Å². The molecule has 1 saturated carbocycles. The molecule has 0 spiro atoms. The van der Waals surface area contributed by atoms with Crippen LogP contribution in [0.3, 0.4) is 0 Å². The number of rotatable bonds is 4. The van der Waals surface area contributed by atoms with E-state index < -0.39 is 6.10 Å². The molecule has 1 saturated heterocycles. The van der Waals surface area contributed by atoms with Gasteiger partial charge < -0.3 is 14.9 Å². The van der Waals surface area contributed by atoms with Crippen LogP contribution in [0.4, 0.5) is 5.00 Å². The van der Waals surface area contributed by atoms with Crippen LogP contribution < -0.4 is 4.90 Å². The highest BCUT2D eigenvalue weighted by molar-refractivity contribution is 7.14. The molecular formula is C19H22N2O2S. The summed E-state index contributed by atoms with van der Waals surface area (Å²) in [7, 11) is 0. The third-order valence-corrected chi connectivity index (χ3v) is 5.87. The molecule has 2 heterocycles. The summed E-state index contributed by atoms with van der Waals surface area (Å²) >= 11 is 1.72. The van der Waals surface area contributed by atoms with Crippen molar-refractivity contribution in [3.8, 4) is 0 Å². The molecular weight excluding hydrogens is 320 g/mol. The Hall–Kier alpha value is -1.85. The Labute approximate surface area is 146 Å². The molecule has 1 atom stereocenters. The van der Waals surface area contributed by atoms with E-state index in [9.17, 15) is 9.90 Å². The maximum Gasteiger partial charge on any atom is 0.256 e. The standard InChI is InChI=1S/C19H22N2O2S/c22-18(16-7-5-15(6-8-16)14-3-4-14)19(23)21-11-9-20(10-12-21)17-2-1-13-24-17/h1-2,5-8,13-14,18,22H,3-4,9-12H2. The number of aliphatic hydroxyl groups excluding tert-OH is 1. The molecule has 0 bridgehead atoms. The van der Waals surface area contributed by atoms with Crippen molar-refractivity contribution in [2.45, 2.75) is 24.9 Å². The molecule has 1 amide bonds. The van der Waals surface area contributed by atoms with Crippen LogP contribution in [-0.4, -0.2) is 42.1 Å². The van der Waals surface area contributed by atoms with E-state index in [1.165, 1.54) is 23.4 Å². The Morgan fingerprint density at radius 3 is 2.38 bits per heavy atom. The monoisotopic (exact) mass is 342 g/mol. The molecule has 2 aliphatic rings. The van der Waals surface area contributed by atoms with Crippen LogP contribution >= 0.6 is 11.3 Å². The van der Waals surface area contributed by atoms with Crippen molar-refractivity contribution in [1.29, 1.82) is 0 Å². The van der Waals surface area contributed by atoms with Crippen LogP contribution in [0.5, 0.6) is 0 Å². The van der Waals surface area contributed by atoms with Crippen LogP contribution in [0, 0.1) is 0 Å². The zero-order valence-electron chi connectivity index (χ0n) is 13.6. The Kier molecular flexibility index (Phi) is 4.29. The Morgan fingerprint density at radius 2 is 1.79 bits per heavy atom. The van der Waals surface area contributed by atoms with Crippen molar-refractivity contribution >= 4 is 22.2 Å². The number of thiophene rings is 1. The lowest BCUT2D eigenvalue weighted by Crippen LogP contribution is -2.49. The smallest absolute Gasteiger partial charge is 0.256 e. The third kappa shape index (κ3) is 3.19. The van der Waals surface area contributed by atoms with Gasteiger partial charge in [0, 0.05) is 26.2 Å². The van der Waals surface area contributed by atoms with Crippen molar-refractivity contribution in [3.05, 3.63) is 52.9 Å². The average Bonchev–Trinajstić information content (AvgIpc) is 3.35. The molecule has 1 unspecified atom stereocenters. The lowest BCUT2D eigenvalue weighted by molar-refractivity contribution is -0.140. The van der Waals surface area contributed by atoms with Crippen molar-refractivity contribution in [3.63, 3.8) is 0 Å². The van der Waals surface area contributed by atoms with Gasteiger partial charge >= 0.3 is 0 Å². The van der Waals surface area contributed by atoms with Crippen molar-refractivity contribution < 1.29 is 9.90 Å². The predicted molar refractivity (Wildman–Crippen MR) is 96.5 cm³/mol. The van der Waals surface area contributed by atoms with Gasteiger partial charge in [-0.3, -0.25) is 4.79 Å². The summed E-state index contributed by atoms with van der Waals surface area (Å²) in [6.07, 6.45) is 1.47. The summed E-state index contributed by atoms with van der Waals surface area (Å²) in [5, 5.41) is 13.8. The molecule has 1 aliphatic carbocycles. The normalized spacial score (nSPS) is 19.4. The second-order valence-corrected chi connectivity index (χ2v) is 7.53. The summed E-state index contributed by atoms with van der Waals surface area (Å²) in [6.45, 7) is 2.96. The molecule has 126 valence electrons. The Balaban J connectivity index is 1.36. The van der Waals surface area contributed by atoms with Gasteiger partial charge in [-0.1, -0.05) is 24.3 Å².